The molecule has 1 fully saturated rings. The van der Waals surface area contributed by atoms with Gasteiger partial charge in [-0.25, -0.2) is 22.6 Å². The fraction of sp³-hybridized carbons (Fsp3) is 0.381. The highest BCUT2D eigenvalue weighted by Gasteiger charge is 2.33. The maximum Gasteiger partial charge on any atom is 0.247 e. The van der Waals surface area contributed by atoms with E-state index in [1.165, 1.54) is 10.4 Å². The average molecular weight is 421 g/mol. The number of nitrogens with one attached hydrogen (secondary N) is 1. The Bertz CT molecular complexity index is 929. The minimum absolute atomic E-state index is 0.0245. The molecule has 1 aliphatic rings. The van der Waals surface area contributed by atoms with Crippen LogP contribution < -0.4 is 5.48 Å². The third-order valence-electron chi connectivity index (χ3n) is 5.41. The molecular formula is C21H25FN2O4S. The summed E-state index contributed by atoms with van der Waals surface area (Å²) >= 11 is 0. The Balaban J connectivity index is 1.66. The highest BCUT2D eigenvalue weighted by Crippen LogP contribution is 2.31. The first-order chi connectivity index (χ1) is 13.9. The van der Waals surface area contributed by atoms with Gasteiger partial charge in [-0.05, 0) is 42.4 Å². The molecule has 0 bridgehead atoms. The normalized spacial score (nSPS) is 17.0. The number of rotatable bonds is 7. The van der Waals surface area contributed by atoms with Crippen LogP contribution in [0.4, 0.5) is 4.39 Å². The van der Waals surface area contributed by atoms with Gasteiger partial charge in [-0.1, -0.05) is 48.5 Å². The minimum atomic E-state index is -3.71. The number of hydrogen-bond acceptors (Lipinski definition) is 4. The van der Waals surface area contributed by atoms with E-state index in [2.05, 4.69) is 0 Å². The van der Waals surface area contributed by atoms with E-state index in [0.29, 0.717) is 18.4 Å². The van der Waals surface area contributed by atoms with E-state index in [0.717, 1.165) is 5.56 Å². The van der Waals surface area contributed by atoms with Crippen molar-refractivity contribution in [2.45, 2.75) is 25.2 Å². The van der Waals surface area contributed by atoms with Crippen LogP contribution in [0, 0.1) is 11.7 Å². The van der Waals surface area contributed by atoms with Gasteiger partial charge in [0.15, 0.2) is 0 Å². The summed E-state index contributed by atoms with van der Waals surface area (Å²) in [4.78, 5) is 12.1. The molecule has 156 valence electrons. The number of halogens is 1. The third kappa shape index (κ3) is 5.41. The number of carbonyl (C=O) groups excluding carboxylic acids is 1. The van der Waals surface area contributed by atoms with Crippen molar-refractivity contribution in [1.82, 2.24) is 9.79 Å². The Hall–Kier alpha value is -2.29. The maximum atomic E-state index is 14.0. The standard InChI is InChI=1S/C21H25FN2O4S/c22-20-9-5-4-8-19(20)17-10-12-24(13-11-17)29(27,28)15-18(21(25)23-26)14-16-6-2-1-3-7-16/h1-9,17-18,26H,10-15H2,(H,23,25). The van der Waals surface area contributed by atoms with E-state index in [1.807, 2.05) is 30.3 Å². The van der Waals surface area contributed by atoms with Crippen LogP contribution in [-0.2, 0) is 21.2 Å². The second-order valence-electron chi connectivity index (χ2n) is 7.34. The molecule has 0 aliphatic carbocycles. The van der Waals surface area contributed by atoms with Gasteiger partial charge in [0, 0.05) is 13.1 Å². The topological polar surface area (TPSA) is 86.7 Å². The fourth-order valence-electron chi connectivity index (χ4n) is 3.83. The summed E-state index contributed by atoms with van der Waals surface area (Å²) in [6, 6.07) is 15.7. The zero-order valence-corrected chi connectivity index (χ0v) is 16.8. The van der Waals surface area contributed by atoms with Gasteiger partial charge in [-0.15, -0.1) is 0 Å². The highest BCUT2D eigenvalue weighted by molar-refractivity contribution is 7.89. The number of sulfonamides is 1. The Morgan fingerprint density at radius 2 is 1.72 bits per heavy atom. The predicted octanol–water partition coefficient (Wildman–Crippen LogP) is 2.70. The molecule has 0 spiro atoms. The van der Waals surface area contributed by atoms with E-state index in [4.69, 9.17) is 5.21 Å². The van der Waals surface area contributed by atoms with Gasteiger partial charge < -0.3 is 0 Å². The van der Waals surface area contributed by atoms with Crippen molar-refractivity contribution in [3.63, 3.8) is 0 Å². The lowest BCUT2D eigenvalue weighted by Crippen LogP contribution is -2.43. The molecule has 2 aromatic carbocycles. The number of amides is 1. The van der Waals surface area contributed by atoms with Gasteiger partial charge in [0.25, 0.3) is 0 Å². The lowest BCUT2D eigenvalue weighted by molar-refractivity contribution is -0.132. The first kappa shape index (κ1) is 21.4. The maximum absolute atomic E-state index is 14.0. The van der Waals surface area contributed by atoms with Gasteiger partial charge in [0.05, 0.1) is 11.7 Å². The number of benzene rings is 2. The van der Waals surface area contributed by atoms with Crippen LogP contribution in [0.15, 0.2) is 54.6 Å². The van der Waals surface area contributed by atoms with Crippen LogP contribution in [0.5, 0.6) is 0 Å². The van der Waals surface area contributed by atoms with Crippen LogP contribution >= 0.6 is 0 Å². The second-order valence-corrected chi connectivity index (χ2v) is 9.35. The summed E-state index contributed by atoms with van der Waals surface area (Å²) in [5, 5.41) is 9.03. The van der Waals surface area contributed by atoms with E-state index < -0.39 is 27.6 Å². The van der Waals surface area contributed by atoms with Crippen molar-refractivity contribution in [1.29, 1.82) is 0 Å². The number of nitrogens with zero attached hydrogens (tertiary/aromatic N) is 1. The van der Waals surface area contributed by atoms with Crippen molar-refractivity contribution in [3.05, 3.63) is 71.5 Å². The molecule has 1 heterocycles. The van der Waals surface area contributed by atoms with E-state index in [-0.39, 0.29) is 31.2 Å². The van der Waals surface area contributed by atoms with Crippen LogP contribution in [0.2, 0.25) is 0 Å². The zero-order chi connectivity index (χ0) is 20.9. The Kier molecular flexibility index (Phi) is 7.00. The molecule has 0 aromatic heterocycles. The van der Waals surface area contributed by atoms with E-state index in [1.54, 1.807) is 23.7 Å². The first-order valence-corrected chi connectivity index (χ1v) is 11.2. The molecule has 6 nitrogen and oxygen atoms in total. The molecule has 1 saturated heterocycles. The van der Waals surface area contributed by atoms with Crippen LogP contribution in [0.1, 0.15) is 29.9 Å². The van der Waals surface area contributed by atoms with Gasteiger partial charge in [-0.3, -0.25) is 10.0 Å². The summed E-state index contributed by atoms with van der Waals surface area (Å²) in [6.45, 7) is 0.556. The van der Waals surface area contributed by atoms with Gasteiger partial charge >= 0.3 is 0 Å². The van der Waals surface area contributed by atoms with Crippen molar-refractivity contribution in [2.75, 3.05) is 18.8 Å². The SMILES string of the molecule is O=C(NO)C(Cc1ccccc1)CS(=O)(=O)N1CCC(c2ccccc2F)CC1. The molecule has 2 N–H and O–H groups in total. The van der Waals surface area contributed by atoms with Crippen molar-refractivity contribution in [3.8, 4) is 0 Å². The van der Waals surface area contributed by atoms with Gasteiger partial charge in [0.2, 0.25) is 15.9 Å². The smallest absolute Gasteiger partial charge is 0.247 e. The van der Waals surface area contributed by atoms with Crippen molar-refractivity contribution >= 4 is 15.9 Å². The van der Waals surface area contributed by atoms with Crippen LogP contribution in [0.3, 0.4) is 0 Å². The Labute approximate surface area is 170 Å². The molecule has 1 aliphatic heterocycles. The molecule has 2 aromatic rings. The summed E-state index contributed by atoms with van der Waals surface area (Å²) < 4.78 is 41.2. The first-order valence-electron chi connectivity index (χ1n) is 9.61. The number of hydroxylamine groups is 1. The molecule has 3 rings (SSSR count). The molecular weight excluding hydrogens is 395 g/mol. The van der Waals surface area contributed by atoms with Crippen LogP contribution in [-0.4, -0.2) is 42.7 Å². The minimum Gasteiger partial charge on any atom is -0.289 e. The van der Waals surface area contributed by atoms with Crippen molar-refractivity contribution < 1.29 is 22.8 Å². The molecule has 1 unspecified atom stereocenters. The number of hydrogen-bond donors (Lipinski definition) is 2. The number of piperidine rings is 1. The molecule has 1 amide bonds. The predicted molar refractivity (Wildman–Crippen MR) is 107 cm³/mol. The highest BCUT2D eigenvalue weighted by atomic mass is 32.2. The summed E-state index contributed by atoms with van der Waals surface area (Å²) in [5.74, 6) is -2.31. The average Bonchev–Trinajstić information content (AvgIpc) is 2.74. The van der Waals surface area contributed by atoms with E-state index in [9.17, 15) is 17.6 Å². The summed E-state index contributed by atoms with van der Waals surface area (Å²) in [6.07, 6.45) is 1.25. The summed E-state index contributed by atoms with van der Waals surface area (Å²) in [5.41, 5.74) is 3.01. The molecule has 29 heavy (non-hydrogen) atoms. The van der Waals surface area contributed by atoms with Crippen molar-refractivity contribution in [2.24, 2.45) is 5.92 Å². The molecule has 0 saturated carbocycles. The van der Waals surface area contributed by atoms with Gasteiger partial charge in [0.1, 0.15) is 5.82 Å². The van der Waals surface area contributed by atoms with E-state index >= 15 is 0 Å². The Morgan fingerprint density at radius 1 is 1.10 bits per heavy atom. The monoisotopic (exact) mass is 420 g/mol. The quantitative estimate of drug-likeness (QED) is 0.533. The Morgan fingerprint density at radius 3 is 2.34 bits per heavy atom. The molecule has 1 atom stereocenters. The number of carbonyl (C=O) groups is 1. The van der Waals surface area contributed by atoms with Gasteiger partial charge in [-0.2, -0.15) is 0 Å². The third-order valence-corrected chi connectivity index (χ3v) is 7.39. The zero-order valence-electron chi connectivity index (χ0n) is 16.0. The largest absolute Gasteiger partial charge is 0.289 e. The molecule has 8 heteroatoms. The van der Waals surface area contributed by atoms with Crippen LogP contribution in [0.25, 0.3) is 0 Å². The molecule has 0 radical (unpaired) electrons. The lowest BCUT2D eigenvalue weighted by Gasteiger charge is -2.32. The fourth-order valence-corrected chi connectivity index (χ4v) is 5.58. The summed E-state index contributed by atoms with van der Waals surface area (Å²) in [7, 11) is -3.71. The second kappa shape index (κ2) is 9.47. The lowest BCUT2D eigenvalue weighted by atomic mass is 9.90.